The number of benzene rings is 2. The molecule has 0 radical (unpaired) electrons. The highest BCUT2D eigenvalue weighted by Gasteiger charge is 2.13. The molecular weight excluding hydrogens is 377 g/mol. The highest BCUT2D eigenvalue weighted by atomic mass is 79.9. The zero-order chi connectivity index (χ0) is 15.4. The average molecular weight is 391 g/mol. The van der Waals surface area contributed by atoms with Crippen LogP contribution in [-0.4, -0.2) is 14.2 Å². The Kier molecular flexibility index (Phi) is 5.62. The third-order valence-electron chi connectivity index (χ3n) is 2.96. The molecule has 0 heterocycles. The molecule has 6 heteroatoms. The standard InChI is InChI=1S/C15H14BrCl2NO2/c1-20-13-6-3-9(14(18)15(13)21-2)8-19-12-7-10(17)4-5-11(12)16/h3-7,19H,8H2,1-2H3. The highest BCUT2D eigenvalue weighted by molar-refractivity contribution is 9.10. The van der Waals surface area contributed by atoms with Crippen molar-refractivity contribution in [3.05, 3.63) is 50.4 Å². The molecule has 0 atom stereocenters. The fourth-order valence-corrected chi connectivity index (χ4v) is 2.75. The van der Waals surface area contributed by atoms with Gasteiger partial charge in [0.15, 0.2) is 11.5 Å². The lowest BCUT2D eigenvalue weighted by atomic mass is 10.2. The third-order valence-corrected chi connectivity index (χ3v) is 4.30. The Morgan fingerprint density at radius 3 is 2.52 bits per heavy atom. The first-order valence-electron chi connectivity index (χ1n) is 6.15. The van der Waals surface area contributed by atoms with E-state index in [1.54, 1.807) is 14.2 Å². The van der Waals surface area contributed by atoms with Crippen LogP contribution in [-0.2, 0) is 6.54 Å². The fraction of sp³-hybridized carbons (Fsp3) is 0.200. The second-order valence-electron chi connectivity index (χ2n) is 4.25. The van der Waals surface area contributed by atoms with E-state index in [-0.39, 0.29) is 0 Å². The van der Waals surface area contributed by atoms with Gasteiger partial charge in [-0.1, -0.05) is 29.3 Å². The molecule has 0 aliphatic carbocycles. The minimum absolute atomic E-state index is 0.530. The van der Waals surface area contributed by atoms with Crippen LogP contribution in [0.4, 0.5) is 5.69 Å². The number of rotatable bonds is 5. The number of nitrogens with one attached hydrogen (secondary N) is 1. The van der Waals surface area contributed by atoms with Crippen molar-refractivity contribution in [1.82, 2.24) is 0 Å². The minimum atomic E-state index is 0.530. The van der Waals surface area contributed by atoms with Gasteiger partial charge in [0.25, 0.3) is 0 Å². The van der Waals surface area contributed by atoms with Crippen molar-refractivity contribution in [2.45, 2.75) is 6.54 Å². The van der Waals surface area contributed by atoms with E-state index in [1.807, 2.05) is 30.3 Å². The van der Waals surface area contributed by atoms with Crippen molar-refractivity contribution < 1.29 is 9.47 Å². The Labute approximate surface area is 142 Å². The summed E-state index contributed by atoms with van der Waals surface area (Å²) in [7, 11) is 3.14. The Hall–Kier alpha value is -1.10. The number of halogens is 3. The van der Waals surface area contributed by atoms with Gasteiger partial charge < -0.3 is 14.8 Å². The highest BCUT2D eigenvalue weighted by Crippen LogP contribution is 2.37. The van der Waals surface area contributed by atoms with Gasteiger partial charge in [-0.05, 0) is 45.8 Å². The Bertz CT molecular complexity index is 650. The molecule has 0 spiro atoms. The van der Waals surface area contributed by atoms with Crippen LogP contribution in [0, 0.1) is 0 Å². The first-order chi connectivity index (χ1) is 10.1. The van der Waals surface area contributed by atoms with E-state index in [0.717, 1.165) is 15.7 Å². The predicted molar refractivity (Wildman–Crippen MR) is 91.0 cm³/mol. The van der Waals surface area contributed by atoms with Gasteiger partial charge in [0, 0.05) is 16.0 Å². The SMILES string of the molecule is COc1ccc(CNc2cc(Cl)ccc2Br)c(Cl)c1OC. The largest absolute Gasteiger partial charge is 0.493 e. The van der Waals surface area contributed by atoms with Gasteiger partial charge in [-0.3, -0.25) is 0 Å². The molecule has 0 amide bonds. The van der Waals surface area contributed by atoms with Crippen molar-refractivity contribution in [3.8, 4) is 11.5 Å². The summed E-state index contributed by atoms with van der Waals surface area (Å²) in [6, 6.07) is 9.28. The molecular formula is C15H14BrCl2NO2. The van der Waals surface area contributed by atoms with E-state index >= 15 is 0 Å². The third kappa shape index (κ3) is 3.76. The molecule has 0 fully saturated rings. The van der Waals surface area contributed by atoms with Crippen LogP contribution >= 0.6 is 39.1 Å². The van der Waals surface area contributed by atoms with Gasteiger partial charge in [0.1, 0.15) is 0 Å². The van der Waals surface area contributed by atoms with E-state index in [0.29, 0.717) is 28.1 Å². The molecule has 2 aromatic carbocycles. The maximum atomic E-state index is 6.35. The predicted octanol–water partition coefficient (Wildman–Crippen LogP) is 5.39. The number of hydrogen-bond acceptors (Lipinski definition) is 3. The van der Waals surface area contributed by atoms with Gasteiger partial charge in [0.05, 0.1) is 24.9 Å². The molecule has 0 aliphatic rings. The molecule has 3 nitrogen and oxygen atoms in total. The van der Waals surface area contributed by atoms with Crippen molar-refractivity contribution >= 4 is 44.8 Å². The van der Waals surface area contributed by atoms with Crippen LogP contribution in [0.2, 0.25) is 10.0 Å². The van der Waals surface area contributed by atoms with E-state index in [4.69, 9.17) is 32.7 Å². The molecule has 0 bridgehead atoms. The summed E-state index contributed by atoms with van der Waals surface area (Å²) in [5.41, 5.74) is 1.80. The van der Waals surface area contributed by atoms with Gasteiger partial charge in [-0.15, -0.1) is 0 Å². The lowest BCUT2D eigenvalue weighted by Gasteiger charge is -2.14. The second-order valence-corrected chi connectivity index (χ2v) is 5.92. The van der Waals surface area contributed by atoms with Crippen molar-refractivity contribution in [2.24, 2.45) is 0 Å². The summed E-state index contributed by atoms with van der Waals surface area (Å²) in [6.45, 7) is 0.540. The maximum absolute atomic E-state index is 6.35. The van der Waals surface area contributed by atoms with E-state index in [1.165, 1.54) is 0 Å². The summed E-state index contributed by atoms with van der Waals surface area (Å²) >= 11 is 15.8. The van der Waals surface area contributed by atoms with Crippen LogP contribution < -0.4 is 14.8 Å². The summed E-state index contributed by atoms with van der Waals surface area (Å²) in [5.74, 6) is 1.14. The molecule has 2 aromatic rings. The molecule has 0 saturated heterocycles. The Balaban J connectivity index is 2.22. The van der Waals surface area contributed by atoms with Crippen LogP contribution in [0.1, 0.15) is 5.56 Å². The topological polar surface area (TPSA) is 30.5 Å². The van der Waals surface area contributed by atoms with E-state index < -0.39 is 0 Å². The number of hydrogen-bond donors (Lipinski definition) is 1. The monoisotopic (exact) mass is 389 g/mol. The summed E-state index contributed by atoms with van der Waals surface area (Å²) < 4.78 is 11.4. The van der Waals surface area contributed by atoms with Crippen LogP contribution in [0.25, 0.3) is 0 Å². The Morgan fingerprint density at radius 1 is 1.10 bits per heavy atom. The van der Waals surface area contributed by atoms with Crippen LogP contribution in [0.3, 0.4) is 0 Å². The lowest BCUT2D eigenvalue weighted by Crippen LogP contribution is -2.02. The maximum Gasteiger partial charge on any atom is 0.179 e. The fourth-order valence-electron chi connectivity index (χ4n) is 1.89. The second kappa shape index (κ2) is 7.25. The quantitative estimate of drug-likeness (QED) is 0.742. The van der Waals surface area contributed by atoms with Crippen LogP contribution in [0.5, 0.6) is 11.5 Å². The van der Waals surface area contributed by atoms with Gasteiger partial charge in [0.2, 0.25) is 0 Å². The van der Waals surface area contributed by atoms with Crippen molar-refractivity contribution in [1.29, 1.82) is 0 Å². The normalized spacial score (nSPS) is 10.3. The van der Waals surface area contributed by atoms with Crippen molar-refractivity contribution in [3.63, 3.8) is 0 Å². The summed E-state index contributed by atoms with van der Waals surface area (Å²) in [6.07, 6.45) is 0. The number of anilines is 1. The zero-order valence-electron chi connectivity index (χ0n) is 11.5. The van der Waals surface area contributed by atoms with Gasteiger partial charge in [-0.25, -0.2) is 0 Å². The number of ether oxygens (including phenoxy) is 2. The van der Waals surface area contributed by atoms with E-state index in [2.05, 4.69) is 21.2 Å². The molecule has 2 rings (SSSR count). The molecule has 21 heavy (non-hydrogen) atoms. The van der Waals surface area contributed by atoms with Crippen molar-refractivity contribution in [2.75, 3.05) is 19.5 Å². The molecule has 1 N–H and O–H groups in total. The Morgan fingerprint density at radius 2 is 1.86 bits per heavy atom. The first-order valence-corrected chi connectivity index (χ1v) is 7.70. The molecule has 0 aliphatic heterocycles. The molecule has 0 aromatic heterocycles. The van der Waals surface area contributed by atoms with Gasteiger partial charge in [-0.2, -0.15) is 0 Å². The smallest absolute Gasteiger partial charge is 0.179 e. The average Bonchev–Trinajstić information content (AvgIpc) is 2.48. The minimum Gasteiger partial charge on any atom is -0.493 e. The van der Waals surface area contributed by atoms with Gasteiger partial charge >= 0.3 is 0 Å². The summed E-state index contributed by atoms with van der Waals surface area (Å²) in [5, 5.41) is 4.48. The molecule has 0 unspecified atom stereocenters. The zero-order valence-corrected chi connectivity index (χ0v) is 14.6. The first kappa shape index (κ1) is 16.3. The molecule has 112 valence electrons. The molecule has 0 saturated carbocycles. The number of methoxy groups -OCH3 is 2. The summed E-state index contributed by atoms with van der Waals surface area (Å²) in [4.78, 5) is 0. The van der Waals surface area contributed by atoms with Crippen LogP contribution in [0.15, 0.2) is 34.8 Å². The van der Waals surface area contributed by atoms with E-state index in [9.17, 15) is 0 Å². The lowest BCUT2D eigenvalue weighted by molar-refractivity contribution is 0.355.